The van der Waals surface area contributed by atoms with Crippen molar-refractivity contribution in [3.8, 4) is 11.5 Å². The van der Waals surface area contributed by atoms with E-state index in [-0.39, 0.29) is 11.5 Å². The first-order chi connectivity index (χ1) is 13.0. The molecule has 1 amide bonds. The summed E-state index contributed by atoms with van der Waals surface area (Å²) in [5.41, 5.74) is 2.68. The standard InChI is InChI=1S/C21H22N2O4/c1-13-7-8-18(27-3)19-17(13)12-15(21(25)23-19)9-10-22-20(24)14-5-4-6-16(11-14)26-2/h4-8,11-12H,9-10H2,1-3H3,(H,22,24)(H,23,25). The molecule has 0 fully saturated rings. The molecule has 27 heavy (non-hydrogen) atoms. The zero-order chi connectivity index (χ0) is 19.4. The van der Waals surface area contributed by atoms with Crippen LogP contribution in [0.25, 0.3) is 10.9 Å². The summed E-state index contributed by atoms with van der Waals surface area (Å²) < 4.78 is 10.5. The molecule has 3 aromatic rings. The molecule has 3 rings (SSSR count). The second-order valence-corrected chi connectivity index (χ2v) is 6.23. The summed E-state index contributed by atoms with van der Waals surface area (Å²) in [4.78, 5) is 27.6. The van der Waals surface area contributed by atoms with Gasteiger partial charge in [-0.2, -0.15) is 0 Å². The summed E-state index contributed by atoms with van der Waals surface area (Å²) in [7, 11) is 3.13. The van der Waals surface area contributed by atoms with Gasteiger partial charge in [-0.15, -0.1) is 0 Å². The molecule has 0 saturated heterocycles. The zero-order valence-electron chi connectivity index (χ0n) is 15.6. The van der Waals surface area contributed by atoms with E-state index in [0.29, 0.717) is 41.1 Å². The second-order valence-electron chi connectivity index (χ2n) is 6.23. The van der Waals surface area contributed by atoms with Crippen LogP contribution in [0.4, 0.5) is 0 Å². The summed E-state index contributed by atoms with van der Waals surface area (Å²) in [6, 6.07) is 12.6. The molecular weight excluding hydrogens is 344 g/mol. The molecule has 0 atom stereocenters. The lowest BCUT2D eigenvalue weighted by atomic mass is 10.1. The van der Waals surface area contributed by atoms with Crippen molar-refractivity contribution in [2.45, 2.75) is 13.3 Å². The number of carbonyl (C=O) groups excluding carboxylic acids is 1. The highest BCUT2D eigenvalue weighted by atomic mass is 16.5. The van der Waals surface area contributed by atoms with Gasteiger partial charge in [0, 0.05) is 23.1 Å². The van der Waals surface area contributed by atoms with Gasteiger partial charge >= 0.3 is 0 Å². The van der Waals surface area contributed by atoms with Crippen molar-refractivity contribution in [3.63, 3.8) is 0 Å². The Morgan fingerprint density at radius 3 is 2.67 bits per heavy atom. The highest BCUT2D eigenvalue weighted by molar-refractivity contribution is 5.94. The van der Waals surface area contributed by atoms with Crippen LogP contribution in [0, 0.1) is 6.92 Å². The number of aromatic amines is 1. The molecule has 2 aromatic carbocycles. The molecule has 2 N–H and O–H groups in total. The van der Waals surface area contributed by atoms with Crippen LogP contribution in [0.1, 0.15) is 21.5 Å². The molecule has 140 valence electrons. The van der Waals surface area contributed by atoms with Crippen molar-refractivity contribution in [3.05, 3.63) is 69.5 Å². The van der Waals surface area contributed by atoms with Gasteiger partial charge in [-0.25, -0.2) is 0 Å². The van der Waals surface area contributed by atoms with E-state index < -0.39 is 0 Å². The van der Waals surface area contributed by atoms with E-state index in [1.807, 2.05) is 25.1 Å². The molecular formula is C21H22N2O4. The molecule has 6 nitrogen and oxygen atoms in total. The van der Waals surface area contributed by atoms with E-state index in [2.05, 4.69) is 10.3 Å². The number of nitrogens with one attached hydrogen (secondary N) is 2. The number of hydrogen-bond donors (Lipinski definition) is 2. The Labute approximate surface area is 157 Å². The Hall–Kier alpha value is -3.28. The van der Waals surface area contributed by atoms with E-state index in [1.165, 1.54) is 0 Å². The molecule has 6 heteroatoms. The number of rotatable bonds is 6. The van der Waals surface area contributed by atoms with Crippen molar-refractivity contribution < 1.29 is 14.3 Å². The number of pyridine rings is 1. The first-order valence-electron chi connectivity index (χ1n) is 8.65. The van der Waals surface area contributed by atoms with Gasteiger partial charge in [0.1, 0.15) is 11.5 Å². The Bertz CT molecular complexity index is 1040. The third kappa shape index (κ3) is 3.95. The minimum absolute atomic E-state index is 0.179. The van der Waals surface area contributed by atoms with Crippen molar-refractivity contribution in [2.24, 2.45) is 0 Å². The van der Waals surface area contributed by atoms with Crippen LogP contribution >= 0.6 is 0 Å². The summed E-state index contributed by atoms with van der Waals surface area (Å²) >= 11 is 0. The first-order valence-corrected chi connectivity index (χ1v) is 8.65. The highest BCUT2D eigenvalue weighted by Crippen LogP contribution is 2.25. The van der Waals surface area contributed by atoms with Crippen LogP contribution < -0.4 is 20.3 Å². The maximum atomic E-state index is 12.4. The molecule has 0 aliphatic carbocycles. The molecule has 0 spiro atoms. The predicted molar refractivity (Wildman–Crippen MR) is 105 cm³/mol. The van der Waals surface area contributed by atoms with Crippen molar-refractivity contribution in [1.29, 1.82) is 0 Å². The van der Waals surface area contributed by atoms with E-state index in [0.717, 1.165) is 10.9 Å². The van der Waals surface area contributed by atoms with Gasteiger partial charge in [-0.3, -0.25) is 9.59 Å². The Balaban J connectivity index is 1.75. The molecule has 1 heterocycles. The average Bonchev–Trinajstić information content (AvgIpc) is 2.69. The van der Waals surface area contributed by atoms with Crippen molar-refractivity contribution in [1.82, 2.24) is 10.3 Å². The lowest BCUT2D eigenvalue weighted by Crippen LogP contribution is -2.27. The first kappa shape index (κ1) is 18.5. The number of ether oxygens (including phenoxy) is 2. The van der Waals surface area contributed by atoms with Crippen LogP contribution in [0.2, 0.25) is 0 Å². The number of carbonyl (C=O) groups is 1. The van der Waals surface area contributed by atoms with E-state index in [1.54, 1.807) is 38.5 Å². The molecule has 0 radical (unpaired) electrons. The van der Waals surface area contributed by atoms with Crippen LogP contribution in [0.15, 0.2) is 47.3 Å². The fraction of sp³-hybridized carbons (Fsp3) is 0.238. The normalized spacial score (nSPS) is 10.6. The van der Waals surface area contributed by atoms with E-state index in [4.69, 9.17) is 9.47 Å². The number of H-pyrrole nitrogens is 1. The van der Waals surface area contributed by atoms with Gasteiger partial charge in [-0.1, -0.05) is 12.1 Å². The highest BCUT2D eigenvalue weighted by Gasteiger charge is 2.10. The molecule has 0 bridgehead atoms. The predicted octanol–water partition coefficient (Wildman–Crippen LogP) is 2.83. The Morgan fingerprint density at radius 1 is 1.11 bits per heavy atom. The Morgan fingerprint density at radius 2 is 1.93 bits per heavy atom. The maximum absolute atomic E-state index is 12.4. The maximum Gasteiger partial charge on any atom is 0.251 e. The fourth-order valence-corrected chi connectivity index (χ4v) is 2.99. The van der Waals surface area contributed by atoms with Gasteiger partial charge in [0.15, 0.2) is 0 Å². The summed E-state index contributed by atoms with van der Waals surface area (Å²) in [5.74, 6) is 1.05. The minimum Gasteiger partial charge on any atom is -0.497 e. The second kappa shape index (κ2) is 7.95. The van der Waals surface area contributed by atoms with Crippen LogP contribution in [0.3, 0.4) is 0 Å². The number of fused-ring (bicyclic) bond motifs is 1. The molecule has 0 aliphatic heterocycles. The zero-order valence-corrected chi connectivity index (χ0v) is 15.6. The summed E-state index contributed by atoms with van der Waals surface area (Å²) in [6.07, 6.45) is 0.428. The minimum atomic E-state index is -0.205. The van der Waals surface area contributed by atoms with Crippen LogP contribution in [0.5, 0.6) is 11.5 Å². The van der Waals surface area contributed by atoms with Crippen LogP contribution in [-0.4, -0.2) is 31.7 Å². The number of benzene rings is 2. The van der Waals surface area contributed by atoms with E-state index >= 15 is 0 Å². The number of amides is 1. The van der Waals surface area contributed by atoms with Gasteiger partial charge in [0.25, 0.3) is 11.5 Å². The SMILES string of the molecule is COc1cccc(C(=O)NCCc2cc3c(C)ccc(OC)c3[nH]c2=O)c1. The monoisotopic (exact) mass is 366 g/mol. The van der Waals surface area contributed by atoms with Gasteiger partial charge in [-0.05, 0) is 49.2 Å². The van der Waals surface area contributed by atoms with Gasteiger partial charge < -0.3 is 19.8 Å². The largest absolute Gasteiger partial charge is 0.497 e. The quantitative estimate of drug-likeness (QED) is 0.703. The lowest BCUT2D eigenvalue weighted by molar-refractivity contribution is 0.0953. The third-order valence-electron chi connectivity index (χ3n) is 4.51. The number of aryl methyl sites for hydroxylation is 1. The third-order valence-corrected chi connectivity index (χ3v) is 4.51. The molecule has 1 aromatic heterocycles. The Kier molecular flexibility index (Phi) is 5.45. The number of hydrogen-bond acceptors (Lipinski definition) is 4. The number of methoxy groups -OCH3 is 2. The van der Waals surface area contributed by atoms with Crippen molar-refractivity contribution in [2.75, 3.05) is 20.8 Å². The molecule has 0 aliphatic rings. The molecule has 0 saturated carbocycles. The lowest BCUT2D eigenvalue weighted by Gasteiger charge is -2.10. The van der Waals surface area contributed by atoms with Gasteiger partial charge in [0.2, 0.25) is 0 Å². The average molecular weight is 366 g/mol. The van der Waals surface area contributed by atoms with Crippen molar-refractivity contribution >= 4 is 16.8 Å². The summed E-state index contributed by atoms with van der Waals surface area (Å²) in [6.45, 7) is 2.34. The number of aromatic nitrogens is 1. The smallest absolute Gasteiger partial charge is 0.251 e. The fourth-order valence-electron chi connectivity index (χ4n) is 2.99. The van der Waals surface area contributed by atoms with Gasteiger partial charge in [0.05, 0.1) is 19.7 Å². The van der Waals surface area contributed by atoms with E-state index in [9.17, 15) is 9.59 Å². The topological polar surface area (TPSA) is 80.4 Å². The molecule has 0 unspecified atom stereocenters. The van der Waals surface area contributed by atoms with Crippen LogP contribution in [-0.2, 0) is 6.42 Å². The summed E-state index contributed by atoms with van der Waals surface area (Å²) in [5, 5.41) is 3.77.